The minimum absolute atomic E-state index is 0.210. The van der Waals surface area contributed by atoms with E-state index >= 15 is 0 Å². The van der Waals surface area contributed by atoms with Crippen LogP contribution in [-0.4, -0.2) is 15.1 Å². The summed E-state index contributed by atoms with van der Waals surface area (Å²) < 4.78 is 0. The molecular formula is C11H11N3O2. The van der Waals surface area contributed by atoms with Crippen molar-refractivity contribution in [1.29, 1.82) is 0 Å². The maximum atomic E-state index is 10.9. The van der Waals surface area contributed by atoms with E-state index < -0.39 is 0 Å². The Labute approximate surface area is 91.8 Å². The molecule has 5 heteroatoms. The standard InChI is InChI=1S/C11H11N3O2/c1-7-10(6-12-11(16)13-7)14-8-2-4-9(15)5-3-8/h2-6,14-15H,1H3,(H,12,13,16). The van der Waals surface area contributed by atoms with Gasteiger partial charge in [-0.05, 0) is 31.2 Å². The smallest absolute Gasteiger partial charge is 0.345 e. The number of phenols is 1. The first-order valence-electron chi connectivity index (χ1n) is 4.77. The summed E-state index contributed by atoms with van der Waals surface area (Å²) in [5, 5.41) is 12.2. The number of nitrogens with zero attached hydrogens (tertiary/aromatic N) is 1. The van der Waals surface area contributed by atoms with Gasteiger partial charge in [-0.15, -0.1) is 0 Å². The van der Waals surface area contributed by atoms with Crippen LogP contribution in [0.1, 0.15) is 5.69 Å². The van der Waals surface area contributed by atoms with E-state index in [0.29, 0.717) is 5.69 Å². The Morgan fingerprint density at radius 1 is 1.31 bits per heavy atom. The SMILES string of the molecule is Cc1[nH]c(=O)ncc1Nc1ccc(O)cc1. The number of aromatic nitrogens is 2. The molecule has 82 valence electrons. The molecule has 2 rings (SSSR count). The lowest BCUT2D eigenvalue weighted by Gasteiger charge is -2.07. The zero-order valence-electron chi connectivity index (χ0n) is 8.69. The fraction of sp³-hybridized carbons (Fsp3) is 0.0909. The van der Waals surface area contributed by atoms with Crippen LogP contribution < -0.4 is 11.0 Å². The molecule has 0 fully saturated rings. The number of aryl methyl sites for hydroxylation is 1. The zero-order chi connectivity index (χ0) is 11.5. The third-order valence-electron chi connectivity index (χ3n) is 2.16. The summed E-state index contributed by atoms with van der Waals surface area (Å²) in [5.41, 5.74) is 1.89. The fourth-order valence-corrected chi connectivity index (χ4v) is 1.31. The first-order valence-corrected chi connectivity index (χ1v) is 4.77. The van der Waals surface area contributed by atoms with Crippen molar-refractivity contribution < 1.29 is 5.11 Å². The molecule has 16 heavy (non-hydrogen) atoms. The molecule has 1 heterocycles. The second kappa shape index (κ2) is 4.06. The van der Waals surface area contributed by atoms with Crippen molar-refractivity contribution in [3.63, 3.8) is 0 Å². The molecule has 0 aliphatic heterocycles. The normalized spacial score (nSPS) is 10.1. The van der Waals surface area contributed by atoms with Crippen LogP contribution in [-0.2, 0) is 0 Å². The van der Waals surface area contributed by atoms with E-state index in [1.165, 1.54) is 6.20 Å². The Morgan fingerprint density at radius 2 is 2.00 bits per heavy atom. The predicted molar refractivity (Wildman–Crippen MR) is 61.0 cm³/mol. The van der Waals surface area contributed by atoms with Crippen LogP contribution in [0, 0.1) is 6.92 Å². The largest absolute Gasteiger partial charge is 0.508 e. The molecule has 0 saturated heterocycles. The van der Waals surface area contributed by atoms with Gasteiger partial charge in [0.05, 0.1) is 11.9 Å². The number of benzene rings is 1. The number of H-pyrrole nitrogens is 1. The van der Waals surface area contributed by atoms with Crippen LogP contribution in [0.3, 0.4) is 0 Å². The first-order chi connectivity index (χ1) is 7.65. The first kappa shape index (κ1) is 10.2. The average molecular weight is 217 g/mol. The molecule has 1 aromatic carbocycles. The number of phenolic OH excluding ortho intramolecular Hbond substituents is 1. The van der Waals surface area contributed by atoms with Gasteiger partial charge in [-0.2, -0.15) is 4.98 Å². The molecule has 3 N–H and O–H groups in total. The maximum Gasteiger partial charge on any atom is 0.345 e. The Morgan fingerprint density at radius 3 is 2.62 bits per heavy atom. The number of aromatic amines is 1. The lowest BCUT2D eigenvalue weighted by Crippen LogP contribution is -2.12. The van der Waals surface area contributed by atoms with Crippen molar-refractivity contribution in [1.82, 2.24) is 9.97 Å². The van der Waals surface area contributed by atoms with Crippen LogP contribution in [0.5, 0.6) is 5.75 Å². The lowest BCUT2D eigenvalue weighted by molar-refractivity contribution is 0.475. The van der Waals surface area contributed by atoms with Gasteiger partial charge in [0.25, 0.3) is 0 Å². The van der Waals surface area contributed by atoms with Crippen LogP contribution in [0.2, 0.25) is 0 Å². The van der Waals surface area contributed by atoms with E-state index in [0.717, 1.165) is 11.4 Å². The minimum atomic E-state index is -0.367. The molecule has 2 aromatic rings. The van der Waals surface area contributed by atoms with Crippen LogP contribution in [0.25, 0.3) is 0 Å². The number of hydrogen-bond acceptors (Lipinski definition) is 4. The molecule has 0 saturated carbocycles. The summed E-state index contributed by atoms with van der Waals surface area (Å²) in [5.74, 6) is 0.210. The summed E-state index contributed by atoms with van der Waals surface area (Å²) in [6.07, 6.45) is 1.47. The Hall–Kier alpha value is -2.30. The van der Waals surface area contributed by atoms with Crippen LogP contribution in [0.15, 0.2) is 35.3 Å². The number of anilines is 2. The number of rotatable bonds is 2. The van der Waals surface area contributed by atoms with Gasteiger partial charge in [0.2, 0.25) is 0 Å². The Balaban J connectivity index is 2.27. The van der Waals surface area contributed by atoms with Crippen LogP contribution in [0.4, 0.5) is 11.4 Å². The van der Waals surface area contributed by atoms with Crippen molar-refractivity contribution in [3.8, 4) is 5.75 Å². The Kier molecular flexibility index (Phi) is 2.59. The second-order valence-electron chi connectivity index (χ2n) is 3.40. The minimum Gasteiger partial charge on any atom is -0.508 e. The summed E-state index contributed by atoms with van der Waals surface area (Å²) in [4.78, 5) is 17.1. The van der Waals surface area contributed by atoms with Gasteiger partial charge in [0, 0.05) is 11.4 Å². The summed E-state index contributed by atoms with van der Waals surface area (Å²) in [7, 11) is 0. The Bertz CT molecular complexity index is 546. The zero-order valence-corrected chi connectivity index (χ0v) is 8.69. The highest BCUT2D eigenvalue weighted by Gasteiger charge is 2.00. The molecule has 1 aromatic heterocycles. The summed E-state index contributed by atoms with van der Waals surface area (Å²) in [6.45, 7) is 1.78. The van der Waals surface area contributed by atoms with Gasteiger partial charge in [-0.3, -0.25) is 0 Å². The van der Waals surface area contributed by atoms with Gasteiger partial charge < -0.3 is 15.4 Å². The molecule has 0 radical (unpaired) electrons. The van der Waals surface area contributed by atoms with E-state index in [1.54, 1.807) is 31.2 Å². The quantitative estimate of drug-likeness (QED) is 0.666. The molecule has 0 aliphatic carbocycles. The van der Waals surface area contributed by atoms with Crippen LogP contribution >= 0.6 is 0 Å². The van der Waals surface area contributed by atoms with E-state index in [9.17, 15) is 4.79 Å². The van der Waals surface area contributed by atoms with Crippen molar-refractivity contribution in [2.24, 2.45) is 0 Å². The van der Waals surface area contributed by atoms with Crippen molar-refractivity contribution in [3.05, 3.63) is 46.6 Å². The van der Waals surface area contributed by atoms with Gasteiger partial charge in [0.1, 0.15) is 5.75 Å². The second-order valence-corrected chi connectivity index (χ2v) is 3.40. The van der Waals surface area contributed by atoms with E-state index in [1.807, 2.05) is 0 Å². The number of hydrogen-bond donors (Lipinski definition) is 3. The topological polar surface area (TPSA) is 78.0 Å². The highest BCUT2D eigenvalue weighted by Crippen LogP contribution is 2.19. The molecule has 0 bridgehead atoms. The molecule has 0 spiro atoms. The number of aromatic hydroxyl groups is 1. The fourth-order valence-electron chi connectivity index (χ4n) is 1.31. The van der Waals surface area contributed by atoms with E-state index in [2.05, 4.69) is 15.3 Å². The molecule has 0 amide bonds. The predicted octanol–water partition coefficient (Wildman–Crippen LogP) is 1.53. The monoisotopic (exact) mass is 217 g/mol. The van der Waals surface area contributed by atoms with Gasteiger partial charge >= 0.3 is 5.69 Å². The third kappa shape index (κ3) is 2.20. The number of nitrogens with one attached hydrogen (secondary N) is 2. The van der Waals surface area contributed by atoms with Crippen molar-refractivity contribution in [2.75, 3.05) is 5.32 Å². The highest BCUT2D eigenvalue weighted by atomic mass is 16.3. The lowest BCUT2D eigenvalue weighted by atomic mass is 10.3. The highest BCUT2D eigenvalue weighted by molar-refractivity contribution is 5.60. The summed E-state index contributed by atoms with van der Waals surface area (Å²) >= 11 is 0. The van der Waals surface area contributed by atoms with Gasteiger partial charge in [-0.1, -0.05) is 0 Å². The van der Waals surface area contributed by atoms with Crippen molar-refractivity contribution >= 4 is 11.4 Å². The van der Waals surface area contributed by atoms with E-state index in [-0.39, 0.29) is 11.4 Å². The van der Waals surface area contributed by atoms with Gasteiger partial charge in [0.15, 0.2) is 0 Å². The maximum absolute atomic E-state index is 10.9. The molecular weight excluding hydrogens is 206 g/mol. The average Bonchev–Trinajstić information content (AvgIpc) is 2.25. The van der Waals surface area contributed by atoms with Crippen molar-refractivity contribution in [2.45, 2.75) is 6.92 Å². The van der Waals surface area contributed by atoms with E-state index in [4.69, 9.17) is 5.11 Å². The third-order valence-corrected chi connectivity index (χ3v) is 2.16. The van der Waals surface area contributed by atoms with Gasteiger partial charge in [-0.25, -0.2) is 4.79 Å². The molecule has 0 atom stereocenters. The summed E-state index contributed by atoms with van der Waals surface area (Å²) in [6, 6.07) is 6.63. The molecule has 0 unspecified atom stereocenters. The molecule has 5 nitrogen and oxygen atoms in total. The molecule has 0 aliphatic rings.